The van der Waals surface area contributed by atoms with Crippen molar-refractivity contribution >= 4 is 78.4 Å². The van der Waals surface area contributed by atoms with Gasteiger partial charge in [0.25, 0.3) is 30.4 Å². The topological polar surface area (TPSA) is 175 Å². The Morgan fingerprint density at radius 1 is 0.667 bits per heavy atom. The molecule has 7 bridgehead atoms. The van der Waals surface area contributed by atoms with E-state index < -0.39 is 65.9 Å². The molecule has 0 unspecified atom stereocenters. The SMILES string of the molecule is O=S1(=O)[O][Al]2[O]S(=O)(=O)c3cc4cc1ccc4c(c3O)N=Nc1ccc(c3ccccc13)S(=O)(=O)[O]2. The van der Waals surface area contributed by atoms with E-state index in [1.165, 1.54) is 18.2 Å². The quantitative estimate of drug-likeness (QED) is 0.313. The third-order valence-corrected chi connectivity index (χ3v) is 13.1. The molecule has 2 aliphatic heterocycles. The van der Waals surface area contributed by atoms with E-state index in [1.807, 2.05) is 0 Å². The fourth-order valence-electron chi connectivity index (χ4n) is 3.96. The zero-order chi connectivity index (χ0) is 25.5. The fraction of sp³-hybridized carbons (Fsp3) is 0. The van der Waals surface area contributed by atoms with Gasteiger partial charge in [0.05, 0.1) is 15.5 Å². The van der Waals surface area contributed by atoms with Crippen molar-refractivity contribution in [3.05, 3.63) is 60.7 Å². The summed E-state index contributed by atoms with van der Waals surface area (Å²) in [5.41, 5.74) is -0.0490. The maximum atomic E-state index is 13.2. The zero-order valence-corrected chi connectivity index (χ0v) is 21.2. The number of azo groups is 1. The van der Waals surface area contributed by atoms with Gasteiger partial charge in [0.2, 0.25) is 0 Å². The van der Waals surface area contributed by atoms with Crippen molar-refractivity contribution in [2.75, 3.05) is 0 Å². The summed E-state index contributed by atoms with van der Waals surface area (Å²) < 4.78 is 93.3. The van der Waals surface area contributed by atoms with E-state index in [0.29, 0.717) is 5.39 Å². The van der Waals surface area contributed by atoms with Crippen molar-refractivity contribution in [1.29, 1.82) is 0 Å². The van der Waals surface area contributed by atoms with Gasteiger partial charge in [-0.15, -0.1) is 10.2 Å². The molecule has 6 rings (SSSR count). The molecule has 4 aromatic rings. The van der Waals surface area contributed by atoms with Gasteiger partial charge in [0.1, 0.15) is 10.6 Å². The molecule has 2 heterocycles. The third kappa shape index (κ3) is 3.62. The van der Waals surface area contributed by atoms with Gasteiger partial charge < -0.3 is 14.8 Å². The van der Waals surface area contributed by atoms with Gasteiger partial charge in [-0.25, -0.2) is 0 Å². The van der Waals surface area contributed by atoms with Crippen molar-refractivity contribution in [2.24, 2.45) is 10.2 Å². The molecule has 16 heteroatoms. The predicted octanol–water partition coefficient (Wildman–Crippen LogP) is 3.24. The summed E-state index contributed by atoms with van der Waals surface area (Å²) in [6.45, 7) is 0. The van der Waals surface area contributed by atoms with Crippen LogP contribution in [0, 0.1) is 0 Å². The first-order valence-corrected chi connectivity index (χ1v) is 15.6. The van der Waals surface area contributed by atoms with Gasteiger partial charge in [0.15, 0.2) is 5.75 Å². The molecule has 0 radical (unpaired) electrons. The molecule has 0 amide bonds. The van der Waals surface area contributed by atoms with Crippen LogP contribution in [0.2, 0.25) is 0 Å². The number of aromatic hydroxyl groups is 1. The summed E-state index contributed by atoms with van der Waals surface area (Å²) in [4.78, 5) is -1.61. The smallest absolute Gasteiger partial charge is 0.504 e. The summed E-state index contributed by atoms with van der Waals surface area (Å²) in [5.74, 6) is -0.837. The average Bonchev–Trinajstić information content (AvgIpc) is 2.80. The van der Waals surface area contributed by atoms with Crippen LogP contribution in [0.3, 0.4) is 0 Å². The largest absolute Gasteiger partial charge is 0.952 e. The molecule has 0 spiro atoms. The minimum absolute atomic E-state index is 0.0644. The molecule has 182 valence electrons. The van der Waals surface area contributed by atoms with E-state index in [1.54, 1.807) is 18.2 Å². The highest BCUT2D eigenvalue weighted by molar-refractivity contribution is 7.90. The van der Waals surface area contributed by atoms with Crippen LogP contribution in [0.5, 0.6) is 5.75 Å². The van der Waals surface area contributed by atoms with Crippen LogP contribution in [0.15, 0.2) is 85.6 Å². The Hall–Kier alpha value is -2.94. The van der Waals surface area contributed by atoms with Gasteiger partial charge in [-0.3, -0.25) is 0 Å². The highest BCUT2D eigenvalue weighted by Crippen LogP contribution is 2.44. The second kappa shape index (κ2) is 7.78. The number of phenols is 1. The lowest BCUT2D eigenvalue weighted by atomic mass is 10.1. The number of phenolic OH excluding ortho intramolecular Hbond substituents is 1. The van der Waals surface area contributed by atoms with E-state index in [2.05, 4.69) is 10.2 Å². The highest BCUT2D eigenvalue weighted by atomic mass is 32.2. The molecule has 1 N–H and O–H groups in total. The van der Waals surface area contributed by atoms with E-state index in [-0.39, 0.29) is 27.5 Å². The van der Waals surface area contributed by atoms with E-state index in [0.717, 1.165) is 24.3 Å². The Balaban J connectivity index is 1.81. The number of benzene rings is 4. The number of fused-ring (bicyclic) bond motifs is 11. The normalized spacial score (nSPS) is 19.5. The predicted molar refractivity (Wildman–Crippen MR) is 124 cm³/mol. The van der Waals surface area contributed by atoms with Crippen LogP contribution in [-0.2, 0) is 40.1 Å². The molecular weight excluding hydrogens is 551 g/mol. The van der Waals surface area contributed by atoms with Crippen molar-refractivity contribution < 1.29 is 40.1 Å². The molecule has 0 saturated heterocycles. The zero-order valence-electron chi connectivity index (χ0n) is 17.6. The van der Waals surface area contributed by atoms with Crippen LogP contribution in [0.25, 0.3) is 21.5 Å². The van der Waals surface area contributed by atoms with Gasteiger partial charge >= 0.3 is 15.1 Å². The Bertz CT molecular complexity index is 1990. The molecule has 0 atom stereocenters. The number of hydrogen-bond acceptors (Lipinski definition) is 12. The van der Waals surface area contributed by atoms with E-state index in [4.69, 9.17) is 9.70 Å². The Morgan fingerprint density at radius 3 is 2.08 bits per heavy atom. The standard InChI is InChI=1S/C20H14N2O10S3.Al/c23-20-18(35(30,31)32)10-11-9-12(33(24,25)26)5-6-13(11)19(20)22-21-16-7-8-17(34(27,28)29)15-4-2-1-3-14(15)16;/h1-10,23H,(H,24,25,26)(H,27,28,29)(H,30,31,32);/q;+3/p-3. The molecule has 0 fully saturated rings. The Morgan fingerprint density at radius 2 is 1.33 bits per heavy atom. The molecule has 0 aromatic heterocycles. The van der Waals surface area contributed by atoms with Gasteiger partial charge in [0, 0.05) is 16.2 Å². The Labute approximate surface area is 209 Å². The summed E-state index contributed by atoms with van der Waals surface area (Å²) >= 11 is -4.58. The second-order valence-corrected chi connectivity index (χ2v) is 14.7. The van der Waals surface area contributed by atoms with Crippen molar-refractivity contribution in [3.8, 4) is 5.75 Å². The molecule has 36 heavy (non-hydrogen) atoms. The minimum atomic E-state index is -5.00. The first-order valence-electron chi connectivity index (χ1n) is 9.99. The van der Waals surface area contributed by atoms with Crippen LogP contribution < -0.4 is 0 Å². The lowest BCUT2D eigenvalue weighted by Gasteiger charge is -2.19. The van der Waals surface area contributed by atoms with Crippen LogP contribution in [0.4, 0.5) is 11.4 Å². The summed E-state index contributed by atoms with van der Waals surface area (Å²) in [7, 11) is -14.6. The average molecular weight is 562 g/mol. The maximum Gasteiger partial charge on any atom is 0.952 e. The fourth-order valence-corrected chi connectivity index (χ4v) is 10.8. The van der Waals surface area contributed by atoms with Crippen molar-refractivity contribution in [1.82, 2.24) is 0 Å². The number of nitrogens with zero attached hydrogens (tertiary/aromatic N) is 2. The van der Waals surface area contributed by atoms with E-state index >= 15 is 0 Å². The van der Waals surface area contributed by atoms with Gasteiger partial charge in [-0.2, -0.15) is 25.3 Å². The second-order valence-electron chi connectivity index (χ2n) is 7.72. The first kappa shape index (κ1) is 23.5. The third-order valence-electron chi connectivity index (χ3n) is 5.58. The molecular formula is C20H11AlN2O10S3. The van der Waals surface area contributed by atoms with Crippen molar-refractivity contribution in [3.63, 3.8) is 0 Å². The molecule has 0 saturated carbocycles. The Kier molecular flexibility index (Phi) is 5.07. The van der Waals surface area contributed by atoms with Gasteiger partial charge in [-0.05, 0) is 35.7 Å². The van der Waals surface area contributed by atoms with Crippen LogP contribution in [-0.4, -0.2) is 45.5 Å². The summed E-state index contributed by atoms with van der Waals surface area (Å²) in [5, 5.41) is 19.9. The van der Waals surface area contributed by atoms with Crippen molar-refractivity contribution in [2.45, 2.75) is 14.7 Å². The van der Waals surface area contributed by atoms with E-state index in [9.17, 15) is 30.4 Å². The first-order chi connectivity index (χ1) is 17.0. The van der Waals surface area contributed by atoms with Gasteiger partial charge in [-0.1, -0.05) is 30.3 Å². The molecule has 2 aliphatic rings. The monoisotopic (exact) mass is 562 g/mol. The number of rotatable bonds is 0. The summed E-state index contributed by atoms with van der Waals surface area (Å²) in [6, 6.07) is 13.2. The van der Waals surface area contributed by atoms with Crippen LogP contribution >= 0.6 is 0 Å². The lowest BCUT2D eigenvalue weighted by molar-refractivity contribution is 0.311. The molecule has 12 nitrogen and oxygen atoms in total. The highest BCUT2D eigenvalue weighted by Gasteiger charge is 2.49. The van der Waals surface area contributed by atoms with Crippen LogP contribution in [0.1, 0.15) is 0 Å². The molecule has 4 aromatic carbocycles. The molecule has 0 aliphatic carbocycles. The lowest BCUT2D eigenvalue weighted by Crippen LogP contribution is -2.35. The minimum Gasteiger partial charge on any atom is -0.504 e. The maximum absolute atomic E-state index is 13.2. The summed E-state index contributed by atoms with van der Waals surface area (Å²) in [6.07, 6.45) is 0. The number of hydrogen-bond donors (Lipinski definition) is 1.